The fraction of sp³-hybridized carbons (Fsp3) is 0.462. The highest BCUT2D eigenvalue weighted by Gasteiger charge is 2.37. The first-order valence-corrected chi connectivity index (χ1v) is 13.4. The zero-order valence-corrected chi connectivity index (χ0v) is 20.2. The standard InChI is InChI=1S/C26H36OSi/c1-25(2,3)20-16-22(26(4,5)6)24(27-7)23(17-20)28(8,9)21-14-18-12-10-11-13-19(18)15-21/h10-14,16-17H,15H2,1-9H3. The number of hydrogen-bond acceptors (Lipinski definition) is 1. The zero-order chi connectivity index (χ0) is 20.9. The summed E-state index contributed by atoms with van der Waals surface area (Å²) in [4.78, 5) is 0. The summed E-state index contributed by atoms with van der Waals surface area (Å²) >= 11 is 0. The lowest BCUT2D eigenvalue weighted by Crippen LogP contribution is -2.46. The number of fused-ring (bicyclic) bond motifs is 1. The van der Waals surface area contributed by atoms with Crippen molar-refractivity contribution in [3.8, 4) is 5.75 Å². The predicted octanol–water partition coefficient (Wildman–Crippen LogP) is 6.38. The third kappa shape index (κ3) is 3.72. The third-order valence-electron chi connectivity index (χ3n) is 6.21. The van der Waals surface area contributed by atoms with Crippen molar-refractivity contribution >= 4 is 19.3 Å². The maximum atomic E-state index is 6.10. The van der Waals surface area contributed by atoms with E-state index in [-0.39, 0.29) is 10.8 Å². The van der Waals surface area contributed by atoms with Gasteiger partial charge in [-0.3, -0.25) is 0 Å². The number of benzene rings is 2. The highest BCUT2D eigenvalue weighted by Crippen LogP contribution is 2.38. The fourth-order valence-corrected chi connectivity index (χ4v) is 6.97. The Kier molecular flexibility index (Phi) is 5.16. The van der Waals surface area contributed by atoms with Crippen LogP contribution in [0.2, 0.25) is 13.1 Å². The van der Waals surface area contributed by atoms with Gasteiger partial charge in [0.2, 0.25) is 0 Å². The molecule has 0 spiro atoms. The Morgan fingerprint density at radius 2 is 1.54 bits per heavy atom. The Labute approximate surface area is 172 Å². The molecule has 2 aromatic rings. The van der Waals surface area contributed by atoms with Crippen molar-refractivity contribution in [2.24, 2.45) is 0 Å². The van der Waals surface area contributed by atoms with E-state index in [1.54, 1.807) is 5.20 Å². The first-order chi connectivity index (χ1) is 12.9. The molecule has 0 fully saturated rings. The number of ether oxygens (including phenoxy) is 1. The van der Waals surface area contributed by atoms with Gasteiger partial charge < -0.3 is 4.74 Å². The molecular formula is C26H36OSi. The van der Waals surface area contributed by atoms with Gasteiger partial charge in [0.05, 0.1) is 7.11 Å². The van der Waals surface area contributed by atoms with Crippen LogP contribution in [0.5, 0.6) is 5.75 Å². The Morgan fingerprint density at radius 1 is 0.893 bits per heavy atom. The minimum Gasteiger partial charge on any atom is -0.497 e. The second-order valence-electron chi connectivity index (χ2n) is 10.8. The summed E-state index contributed by atoms with van der Waals surface area (Å²) in [5.41, 5.74) is 5.73. The van der Waals surface area contributed by atoms with Gasteiger partial charge in [0.15, 0.2) is 0 Å². The van der Waals surface area contributed by atoms with E-state index in [1.807, 2.05) is 7.11 Å². The molecule has 2 heteroatoms. The molecule has 0 heterocycles. The highest BCUT2D eigenvalue weighted by atomic mass is 28.3. The lowest BCUT2D eigenvalue weighted by Gasteiger charge is -2.34. The van der Waals surface area contributed by atoms with E-state index in [1.165, 1.54) is 27.4 Å². The van der Waals surface area contributed by atoms with Crippen molar-refractivity contribution in [1.29, 1.82) is 0 Å². The van der Waals surface area contributed by atoms with Crippen molar-refractivity contribution in [2.75, 3.05) is 7.11 Å². The average Bonchev–Trinajstić information content (AvgIpc) is 3.04. The third-order valence-corrected chi connectivity index (χ3v) is 9.85. The van der Waals surface area contributed by atoms with E-state index < -0.39 is 8.07 Å². The largest absolute Gasteiger partial charge is 0.497 e. The molecule has 0 bridgehead atoms. The monoisotopic (exact) mass is 392 g/mol. The van der Waals surface area contributed by atoms with E-state index >= 15 is 0 Å². The normalized spacial score (nSPS) is 14.7. The number of allylic oxidation sites excluding steroid dienone is 1. The van der Waals surface area contributed by atoms with Crippen LogP contribution in [-0.2, 0) is 17.3 Å². The molecule has 0 saturated heterocycles. The van der Waals surface area contributed by atoms with Gasteiger partial charge in [0, 0.05) is 0 Å². The van der Waals surface area contributed by atoms with Crippen LogP contribution in [0.25, 0.3) is 6.08 Å². The van der Waals surface area contributed by atoms with Gasteiger partial charge in [0.1, 0.15) is 13.8 Å². The van der Waals surface area contributed by atoms with Crippen LogP contribution in [0.3, 0.4) is 0 Å². The van der Waals surface area contributed by atoms with E-state index in [2.05, 4.69) is 97.1 Å². The molecule has 2 aromatic carbocycles. The molecule has 28 heavy (non-hydrogen) atoms. The number of methoxy groups -OCH3 is 1. The summed E-state index contributed by atoms with van der Waals surface area (Å²) < 4.78 is 6.10. The van der Waals surface area contributed by atoms with Crippen LogP contribution in [0.1, 0.15) is 63.8 Å². The van der Waals surface area contributed by atoms with E-state index in [9.17, 15) is 0 Å². The lowest BCUT2D eigenvalue weighted by atomic mass is 9.80. The molecule has 0 aromatic heterocycles. The van der Waals surface area contributed by atoms with Crippen LogP contribution in [0.15, 0.2) is 41.6 Å². The highest BCUT2D eigenvalue weighted by molar-refractivity contribution is 6.96. The lowest BCUT2D eigenvalue weighted by molar-refractivity contribution is 0.400. The second-order valence-corrected chi connectivity index (χ2v) is 15.2. The van der Waals surface area contributed by atoms with Gasteiger partial charge in [-0.05, 0) is 44.7 Å². The molecule has 0 aliphatic heterocycles. The van der Waals surface area contributed by atoms with Gasteiger partial charge in [0.25, 0.3) is 0 Å². The first-order valence-electron chi connectivity index (χ1n) is 10.4. The minimum absolute atomic E-state index is 0.0405. The summed E-state index contributed by atoms with van der Waals surface area (Å²) in [5, 5.41) is 3.03. The van der Waals surface area contributed by atoms with Crippen LogP contribution in [0, 0.1) is 0 Å². The Hall–Kier alpha value is -1.80. The Balaban J connectivity index is 2.22. The maximum absolute atomic E-state index is 6.10. The minimum atomic E-state index is -1.89. The molecule has 0 saturated carbocycles. The maximum Gasteiger partial charge on any atom is 0.122 e. The Bertz CT molecular complexity index is 920. The molecule has 150 valence electrons. The first kappa shape index (κ1) is 20.9. The number of hydrogen-bond donors (Lipinski definition) is 0. The molecule has 1 aliphatic rings. The van der Waals surface area contributed by atoms with Gasteiger partial charge in [-0.2, -0.15) is 0 Å². The molecule has 0 unspecified atom stereocenters. The molecule has 3 rings (SSSR count). The molecular weight excluding hydrogens is 356 g/mol. The van der Waals surface area contributed by atoms with Gasteiger partial charge in [-0.15, -0.1) is 0 Å². The van der Waals surface area contributed by atoms with E-state index in [0.29, 0.717) is 0 Å². The van der Waals surface area contributed by atoms with Crippen LogP contribution < -0.4 is 9.92 Å². The number of rotatable bonds is 3. The molecule has 0 atom stereocenters. The van der Waals surface area contributed by atoms with Crippen molar-refractivity contribution in [2.45, 2.75) is 71.9 Å². The van der Waals surface area contributed by atoms with Crippen molar-refractivity contribution in [1.82, 2.24) is 0 Å². The molecule has 0 N–H and O–H groups in total. The molecule has 0 amide bonds. The summed E-state index contributed by atoms with van der Waals surface area (Å²) in [6.45, 7) is 18.8. The molecule has 1 nitrogen and oxygen atoms in total. The summed E-state index contributed by atoms with van der Waals surface area (Å²) in [6.07, 6.45) is 3.52. The summed E-state index contributed by atoms with van der Waals surface area (Å²) in [6, 6.07) is 13.6. The fourth-order valence-electron chi connectivity index (χ4n) is 4.16. The average molecular weight is 393 g/mol. The zero-order valence-electron chi connectivity index (χ0n) is 19.2. The van der Waals surface area contributed by atoms with E-state index in [0.717, 1.165) is 12.2 Å². The predicted molar refractivity (Wildman–Crippen MR) is 126 cm³/mol. The van der Waals surface area contributed by atoms with Crippen LogP contribution >= 0.6 is 0 Å². The van der Waals surface area contributed by atoms with Crippen molar-refractivity contribution in [3.63, 3.8) is 0 Å². The molecule has 1 aliphatic carbocycles. The second kappa shape index (κ2) is 6.91. The van der Waals surface area contributed by atoms with Crippen LogP contribution in [-0.4, -0.2) is 15.2 Å². The molecule has 0 radical (unpaired) electrons. The smallest absolute Gasteiger partial charge is 0.122 e. The Morgan fingerprint density at radius 3 is 2.07 bits per heavy atom. The van der Waals surface area contributed by atoms with E-state index in [4.69, 9.17) is 4.74 Å². The SMILES string of the molecule is COc1c(C(C)(C)C)cc(C(C)(C)C)cc1[Si](C)(C)C1=Cc2ccccc2C1. The topological polar surface area (TPSA) is 9.23 Å². The van der Waals surface area contributed by atoms with Crippen LogP contribution in [0.4, 0.5) is 0 Å². The van der Waals surface area contributed by atoms with Crippen molar-refractivity contribution in [3.05, 3.63) is 63.8 Å². The van der Waals surface area contributed by atoms with Gasteiger partial charge in [-0.25, -0.2) is 0 Å². The van der Waals surface area contributed by atoms with Gasteiger partial charge in [-0.1, -0.05) is 102 Å². The quantitative estimate of drug-likeness (QED) is 0.550. The summed E-state index contributed by atoms with van der Waals surface area (Å²) in [7, 11) is -0.0536. The van der Waals surface area contributed by atoms with Gasteiger partial charge >= 0.3 is 0 Å². The van der Waals surface area contributed by atoms with Crippen molar-refractivity contribution < 1.29 is 4.74 Å². The summed E-state index contributed by atoms with van der Waals surface area (Å²) in [5.74, 6) is 1.11.